The van der Waals surface area contributed by atoms with Crippen molar-refractivity contribution in [2.24, 2.45) is 0 Å². The standard InChI is InChI=1S/C17H12ClFN2O3/c1-9(15(22)20-14-7-6-10(18)8-13(14)19)21-16(23)11-4-2-3-5-12(11)17(21)24/h2-9H,1H3,(H,20,22)/t9-/m1/s1. The number of carbonyl (C=O) groups is 3. The maximum atomic E-state index is 13.8. The van der Waals surface area contributed by atoms with Gasteiger partial charge < -0.3 is 5.32 Å². The Kier molecular flexibility index (Phi) is 4.07. The molecule has 0 radical (unpaired) electrons. The summed E-state index contributed by atoms with van der Waals surface area (Å²) >= 11 is 5.66. The molecular weight excluding hydrogens is 335 g/mol. The maximum absolute atomic E-state index is 13.8. The second-order valence-corrected chi connectivity index (χ2v) is 5.75. The largest absolute Gasteiger partial charge is 0.322 e. The minimum atomic E-state index is -1.09. The van der Waals surface area contributed by atoms with Gasteiger partial charge in [0.15, 0.2) is 0 Å². The molecule has 0 aromatic heterocycles. The molecule has 0 saturated carbocycles. The number of hydrogen-bond donors (Lipinski definition) is 1. The Morgan fingerprint density at radius 3 is 2.25 bits per heavy atom. The highest BCUT2D eigenvalue weighted by Crippen LogP contribution is 2.25. The molecule has 1 heterocycles. The van der Waals surface area contributed by atoms with Gasteiger partial charge in [-0.1, -0.05) is 23.7 Å². The van der Waals surface area contributed by atoms with E-state index in [0.717, 1.165) is 11.0 Å². The number of carbonyl (C=O) groups excluding carboxylic acids is 3. The first-order valence-electron chi connectivity index (χ1n) is 7.13. The summed E-state index contributed by atoms with van der Waals surface area (Å²) in [6.45, 7) is 1.41. The van der Waals surface area contributed by atoms with Gasteiger partial charge in [0.05, 0.1) is 16.8 Å². The zero-order valence-corrected chi connectivity index (χ0v) is 13.3. The monoisotopic (exact) mass is 346 g/mol. The second kappa shape index (κ2) is 6.05. The highest BCUT2D eigenvalue weighted by molar-refractivity contribution is 6.30. The first kappa shape index (κ1) is 16.1. The fraction of sp³-hybridized carbons (Fsp3) is 0.118. The van der Waals surface area contributed by atoms with Gasteiger partial charge in [0.2, 0.25) is 5.91 Å². The molecule has 3 amide bonds. The summed E-state index contributed by atoms with van der Waals surface area (Å²) in [6.07, 6.45) is 0. The van der Waals surface area contributed by atoms with Crippen LogP contribution in [0, 0.1) is 5.82 Å². The van der Waals surface area contributed by atoms with Gasteiger partial charge in [0.25, 0.3) is 11.8 Å². The highest BCUT2D eigenvalue weighted by atomic mass is 35.5. The van der Waals surface area contributed by atoms with Crippen molar-refractivity contribution in [3.63, 3.8) is 0 Å². The van der Waals surface area contributed by atoms with Crippen molar-refractivity contribution in [2.45, 2.75) is 13.0 Å². The smallest absolute Gasteiger partial charge is 0.262 e. The quantitative estimate of drug-likeness (QED) is 0.868. The van der Waals surface area contributed by atoms with E-state index in [2.05, 4.69) is 5.32 Å². The number of amides is 3. The molecule has 1 N–H and O–H groups in total. The minimum Gasteiger partial charge on any atom is -0.322 e. The summed E-state index contributed by atoms with van der Waals surface area (Å²) in [5, 5.41) is 2.56. The fourth-order valence-corrected chi connectivity index (χ4v) is 2.66. The SMILES string of the molecule is C[C@H](C(=O)Nc1ccc(Cl)cc1F)N1C(=O)c2ccccc2C1=O. The van der Waals surface area contributed by atoms with Gasteiger partial charge in [-0.15, -0.1) is 0 Å². The van der Waals surface area contributed by atoms with E-state index in [1.807, 2.05) is 0 Å². The van der Waals surface area contributed by atoms with E-state index in [9.17, 15) is 18.8 Å². The van der Waals surface area contributed by atoms with Gasteiger partial charge in [-0.05, 0) is 37.3 Å². The average molecular weight is 347 g/mol. The van der Waals surface area contributed by atoms with Crippen LogP contribution in [0.1, 0.15) is 27.6 Å². The maximum Gasteiger partial charge on any atom is 0.262 e. The van der Waals surface area contributed by atoms with Gasteiger partial charge in [0.1, 0.15) is 11.9 Å². The van der Waals surface area contributed by atoms with Crippen molar-refractivity contribution in [3.8, 4) is 0 Å². The number of halogens is 2. The van der Waals surface area contributed by atoms with Gasteiger partial charge in [0, 0.05) is 5.02 Å². The summed E-state index contributed by atoms with van der Waals surface area (Å²) in [5.41, 5.74) is 0.424. The van der Waals surface area contributed by atoms with E-state index in [4.69, 9.17) is 11.6 Å². The van der Waals surface area contributed by atoms with Crippen LogP contribution < -0.4 is 5.32 Å². The van der Waals surface area contributed by atoms with Crippen molar-refractivity contribution in [3.05, 3.63) is 64.4 Å². The van der Waals surface area contributed by atoms with Crippen LogP contribution in [-0.2, 0) is 4.79 Å². The van der Waals surface area contributed by atoms with Crippen molar-refractivity contribution >= 4 is 35.0 Å². The molecule has 2 aromatic carbocycles. The molecule has 1 atom stereocenters. The van der Waals surface area contributed by atoms with Crippen LogP contribution in [0.25, 0.3) is 0 Å². The Morgan fingerprint density at radius 2 is 1.71 bits per heavy atom. The molecule has 0 spiro atoms. The zero-order valence-electron chi connectivity index (χ0n) is 12.5. The van der Waals surface area contributed by atoms with E-state index in [-0.39, 0.29) is 21.8 Å². The third-order valence-electron chi connectivity index (χ3n) is 3.78. The van der Waals surface area contributed by atoms with Crippen molar-refractivity contribution in [1.29, 1.82) is 0 Å². The predicted molar refractivity (Wildman–Crippen MR) is 86.4 cm³/mol. The van der Waals surface area contributed by atoms with Crippen molar-refractivity contribution < 1.29 is 18.8 Å². The summed E-state index contributed by atoms with van der Waals surface area (Å²) in [6, 6.07) is 9.04. The number of nitrogens with zero attached hydrogens (tertiary/aromatic N) is 1. The lowest BCUT2D eigenvalue weighted by Crippen LogP contribution is -2.45. The molecule has 0 fully saturated rings. The molecule has 3 rings (SSSR count). The van der Waals surface area contributed by atoms with E-state index in [1.54, 1.807) is 12.1 Å². The van der Waals surface area contributed by atoms with Crippen LogP contribution in [-0.4, -0.2) is 28.7 Å². The van der Waals surface area contributed by atoms with E-state index in [0.29, 0.717) is 0 Å². The van der Waals surface area contributed by atoms with Crippen LogP contribution in [0.4, 0.5) is 10.1 Å². The zero-order chi connectivity index (χ0) is 17.4. The molecule has 0 saturated heterocycles. The van der Waals surface area contributed by atoms with Crippen LogP contribution in [0.2, 0.25) is 5.02 Å². The van der Waals surface area contributed by atoms with Gasteiger partial charge >= 0.3 is 0 Å². The van der Waals surface area contributed by atoms with E-state index in [1.165, 1.54) is 31.2 Å². The fourth-order valence-electron chi connectivity index (χ4n) is 2.50. The third kappa shape index (κ3) is 2.65. The molecule has 0 bridgehead atoms. The van der Waals surface area contributed by atoms with E-state index >= 15 is 0 Å². The molecule has 7 heteroatoms. The Labute approximate surface area is 142 Å². The van der Waals surface area contributed by atoms with E-state index < -0.39 is 29.6 Å². The molecule has 0 aliphatic carbocycles. The number of nitrogens with one attached hydrogen (secondary N) is 1. The van der Waals surface area contributed by atoms with Crippen molar-refractivity contribution in [1.82, 2.24) is 4.90 Å². The Hall–Kier alpha value is -2.73. The lowest BCUT2D eigenvalue weighted by molar-refractivity contribution is -0.119. The van der Waals surface area contributed by atoms with Gasteiger partial charge in [-0.25, -0.2) is 4.39 Å². The Bertz CT molecular complexity index is 834. The number of rotatable bonds is 3. The molecule has 1 aliphatic heterocycles. The van der Waals surface area contributed by atoms with Crippen LogP contribution >= 0.6 is 11.6 Å². The molecule has 1 aliphatic rings. The van der Waals surface area contributed by atoms with Crippen LogP contribution in [0.15, 0.2) is 42.5 Å². The third-order valence-corrected chi connectivity index (χ3v) is 4.02. The van der Waals surface area contributed by atoms with Gasteiger partial charge in [-0.3, -0.25) is 19.3 Å². The summed E-state index contributed by atoms with van der Waals surface area (Å²) in [5.74, 6) is -2.47. The average Bonchev–Trinajstić information content (AvgIpc) is 2.81. The number of benzene rings is 2. The summed E-state index contributed by atoms with van der Waals surface area (Å²) in [7, 11) is 0. The number of fused-ring (bicyclic) bond motifs is 1. The first-order valence-corrected chi connectivity index (χ1v) is 7.51. The summed E-state index contributed by atoms with van der Waals surface area (Å²) < 4.78 is 13.8. The minimum absolute atomic E-state index is 0.0761. The first-order chi connectivity index (χ1) is 11.4. The van der Waals surface area contributed by atoms with Crippen LogP contribution in [0.3, 0.4) is 0 Å². The van der Waals surface area contributed by atoms with Crippen molar-refractivity contribution in [2.75, 3.05) is 5.32 Å². The lowest BCUT2D eigenvalue weighted by atomic mass is 10.1. The van der Waals surface area contributed by atoms with Gasteiger partial charge in [-0.2, -0.15) is 0 Å². The van der Waals surface area contributed by atoms with Crippen LogP contribution in [0.5, 0.6) is 0 Å². The number of anilines is 1. The molecule has 0 unspecified atom stereocenters. The number of hydrogen-bond acceptors (Lipinski definition) is 3. The normalized spacial score (nSPS) is 14.5. The lowest BCUT2D eigenvalue weighted by Gasteiger charge is -2.21. The number of imide groups is 1. The predicted octanol–water partition coefficient (Wildman–Crippen LogP) is 3.10. The Morgan fingerprint density at radius 1 is 1.12 bits per heavy atom. The molecule has 5 nitrogen and oxygen atoms in total. The molecule has 2 aromatic rings. The molecular formula is C17H12ClFN2O3. The summed E-state index contributed by atoms with van der Waals surface area (Å²) in [4.78, 5) is 37.9. The molecule has 122 valence electrons. The topological polar surface area (TPSA) is 66.5 Å². The molecule has 24 heavy (non-hydrogen) atoms. The Balaban J connectivity index is 1.82. The second-order valence-electron chi connectivity index (χ2n) is 5.32. The highest BCUT2D eigenvalue weighted by Gasteiger charge is 2.40.